The number of hydrogen-bond acceptors (Lipinski definition) is 7. The fraction of sp³-hybridized carbons (Fsp3) is 0.370. The number of anilines is 2. The zero-order valence-electron chi connectivity index (χ0n) is 20.7. The highest BCUT2D eigenvalue weighted by molar-refractivity contribution is 7.90. The van der Waals surface area contributed by atoms with E-state index in [1.807, 2.05) is 31.2 Å². The Hall–Kier alpha value is -3.24. The highest BCUT2D eigenvalue weighted by Crippen LogP contribution is 2.39. The SMILES string of the molecule is Cc1cccc(Cc2cc(Nc3ccc([C@H]4CCCCO4)cc3S(C)(=O)=O)c3c(n2)CC(C(F)F)=N3)n1. The summed E-state index contributed by atoms with van der Waals surface area (Å²) >= 11 is 0. The van der Waals surface area contributed by atoms with E-state index in [2.05, 4.69) is 20.3 Å². The van der Waals surface area contributed by atoms with Gasteiger partial charge in [0.15, 0.2) is 9.84 Å². The van der Waals surface area contributed by atoms with Crippen molar-refractivity contribution in [3.63, 3.8) is 0 Å². The van der Waals surface area contributed by atoms with Gasteiger partial charge in [-0.15, -0.1) is 0 Å². The highest BCUT2D eigenvalue weighted by Gasteiger charge is 2.27. The molecule has 2 aromatic heterocycles. The summed E-state index contributed by atoms with van der Waals surface area (Å²) in [6, 6.07) is 12.6. The summed E-state index contributed by atoms with van der Waals surface area (Å²) in [4.78, 5) is 13.4. The van der Waals surface area contributed by atoms with E-state index in [0.29, 0.717) is 41.5 Å². The molecule has 194 valence electrons. The average molecular weight is 527 g/mol. The molecule has 1 N–H and O–H groups in total. The molecular formula is C27H28F2N4O3S. The number of halogens is 2. The number of alkyl halides is 2. The van der Waals surface area contributed by atoms with E-state index in [-0.39, 0.29) is 23.1 Å². The molecule has 5 rings (SSSR count). The molecular weight excluding hydrogens is 498 g/mol. The molecule has 0 aliphatic carbocycles. The number of hydrogen-bond donors (Lipinski definition) is 1. The van der Waals surface area contributed by atoms with E-state index in [1.54, 1.807) is 18.2 Å². The minimum atomic E-state index is -3.62. The quantitative estimate of drug-likeness (QED) is 0.427. The van der Waals surface area contributed by atoms with Gasteiger partial charge in [0, 0.05) is 42.8 Å². The maximum Gasteiger partial charge on any atom is 0.277 e. The Balaban J connectivity index is 1.55. The first-order valence-electron chi connectivity index (χ1n) is 12.2. The van der Waals surface area contributed by atoms with E-state index in [9.17, 15) is 17.2 Å². The van der Waals surface area contributed by atoms with Crippen molar-refractivity contribution >= 4 is 32.6 Å². The summed E-state index contributed by atoms with van der Waals surface area (Å²) in [6.45, 7) is 2.54. The van der Waals surface area contributed by atoms with Crippen LogP contribution in [0.15, 0.2) is 52.4 Å². The second kappa shape index (κ2) is 10.3. The van der Waals surface area contributed by atoms with Crippen molar-refractivity contribution < 1.29 is 21.9 Å². The second-order valence-electron chi connectivity index (χ2n) is 9.49. The van der Waals surface area contributed by atoms with E-state index in [0.717, 1.165) is 42.5 Å². The van der Waals surface area contributed by atoms with Crippen LogP contribution in [0, 0.1) is 6.92 Å². The standard InChI is InChI=1S/C27H28F2N4O3S/c1-16-6-5-7-18(30-16)13-19-14-21(26-22(31-19)15-23(33-26)27(28)29)32-20-10-9-17(12-25(20)37(2,34)35)24-8-3-4-11-36-24/h5-7,9-10,12,14,24,27H,3-4,8,11,13,15H2,1-2H3,(H,31,32)/t24-/m1/s1. The van der Waals surface area contributed by atoms with Crippen molar-refractivity contribution in [2.24, 2.45) is 4.99 Å². The molecule has 1 fully saturated rings. The first-order valence-corrected chi connectivity index (χ1v) is 14.1. The normalized spacial score (nSPS) is 17.5. The molecule has 2 aliphatic heterocycles. The first-order chi connectivity index (χ1) is 17.7. The van der Waals surface area contributed by atoms with Crippen molar-refractivity contribution in [3.05, 3.63) is 70.8 Å². The van der Waals surface area contributed by atoms with Crippen molar-refractivity contribution in [1.29, 1.82) is 0 Å². The van der Waals surface area contributed by atoms with Crippen LogP contribution >= 0.6 is 0 Å². The summed E-state index contributed by atoms with van der Waals surface area (Å²) in [5.41, 5.74) is 4.31. The molecule has 4 heterocycles. The number of aromatic nitrogens is 2. The summed E-state index contributed by atoms with van der Waals surface area (Å²) in [7, 11) is -3.62. The van der Waals surface area contributed by atoms with Crippen LogP contribution in [0.25, 0.3) is 0 Å². The smallest absolute Gasteiger partial charge is 0.277 e. The van der Waals surface area contributed by atoms with Gasteiger partial charge in [0.1, 0.15) is 5.69 Å². The highest BCUT2D eigenvalue weighted by atomic mass is 32.2. The number of aryl methyl sites for hydroxylation is 1. The van der Waals surface area contributed by atoms with Crippen LogP contribution in [0.4, 0.5) is 25.8 Å². The Kier molecular flexibility index (Phi) is 7.04. The lowest BCUT2D eigenvalue weighted by Gasteiger charge is -2.24. The van der Waals surface area contributed by atoms with Gasteiger partial charge in [-0.25, -0.2) is 22.2 Å². The van der Waals surface area contributed by atoms with Crippen LogP contribution in [0.2, 0.25) is 0 Å². The number of fused-ring (bicyclic) bond motifs is 1. The average Bonchev–Trinajstić information content (AvgIpc) is 3.29. The number of pyridine rings is 2. The molecule has 2 aliphatic rings. The molecule has 0 saturated carbocycles. The summed E-state index contributed by atoms with van der Waals surface area (Å²) in [6.07, 6.45) is 1.46. The zero-order chi connectivity index (χ0) is 26.2. The Morgan fingerprint density at radius 2 is 1.92 bits per heavy atom. The van der Waals surface area contributed by atoms with E-state index in [1.165, 1.54) is 0 Å². The Morgan fingerprint density at radius 1 is 1.08 bits per heavy atom. The van der Waals surface area contributed by atoms with E-state index < -0.39 is 16.3 Å². The van der Waals surface area contributed by atoms with Gasteiger partial charge in [-0.2, -0.15) is 0 Å². The van der Waals surface area contributed by atoms with Crippen LogP contribution in [-0.2, 0) is 27.4 Å². The number of aliphatic imine (C=N–C) groups is 1. The molecule has 1 atom stereocenters. The molecule has 0 unspecified atom stereocenters. The molecule has 0 amide bonds. The molecule has 37 heavy (non-hydrogen) atoms. The van der Waals surface area contributed by atoms with Crippen molar-refractivity contribution in [2.75, 3.05) is 18.2 Å². The van der Waals surface area contributed by atoms with Crippen LogP contribution in [0.1, 0.15) is 53.7 Å². The minimum absolute atomic E-state index is 0.0618. The molecule has 10 heteroatoms. The number of ether oxygens (including phenoxy) is 1. The van der Waals surface area contributed by atoms with Crippen LogP contribution in [0.5, 0.6) is 0 Å². The minimum Gasteiger partial charge on any atom is -0.374 e. The molecule has 0 radical (unpaired) electrons. The molecule has 1 saturated heterocycles. The summed E-state index contributed by atoms with van der Waals surface area (Å²) < 4.78 is 58.4. The third kappa shape index (κ3) is 5.70. The number of sulfone groups is 1. The molecule has 7 nitrogen and oxygen atoms in total. The lowest BCUT2D eigenvalue weighted by Crippen LogP contribution is -2.13. The maximum atomic E-state index is 13.5. The Morgan fingerprint density at radius 3 is 2.62 bits per heavy atom. The predicted molar refractivity (Wildman–Crippen MR) is 138 cm³/mol. The van der Waals surface area contributed by atoms with Crippen molar-refractivity contribution in [3.8, 4) is 0 Å². The van der Waals surface area contributed by atoms with Crippen LogP contribution in [-0.4, -0.2) is 43.4 Å². The maximum absolute atomic E-state index is 13.5. The fourth-order valence-corrected chi connectivity index (χ4v) is 5.61. The van der Waals surface area contributed by atoms with Gasteiger partial charge in [0.05, 0.1) is 33.8 Å². The lowest BCUT2D eigenvalue weighted by molar-refractivity contribution is 0.0148. The van der Waals surface area contributed by atoms with Gasteiger partial charge >= 0.3 is 0 Å². The third-order valence-corrected chi connectivity index (χ3v) is 7.64. The van der Waals surface area contributed by atoms with Gasteiger partial charge in [0.2, 0.25) is 0 Å². The number of nitrogens with one attached hydrogen (secondary N) is 1. The zero-order valence-corrected chi connectivity index (χ0v) is 21.5. The van der Waals surface area contributed by atoms with Crippen molar-refractivity contribution in [1.82, 2.24) is 9.97 Å². The molecule has 3 aromatic rings. The van der Waals surface area contributed by atoms with Crippen molar-refractivity contribution in [2.45, 2.75) is 56.5 Å². The number of rotatable bonds is 7. The van der Waals surface area contributed by atoms with E-state index >= 15 is 0 Å². The molecule has 1 aromatic carbocycles. The van der Waals surface area contributed by atoms with Gasteiger partial charge in [0.25, 0.3) is 6.43 Å². The Labute approximate surface area is 215 Å². The van der Waals surface area contributed by atoms with Gasteiger partial charge in [-0.05, 0) is 62.1 Å². The van der Waals surface area contributed by atoms with E-state index in [4.69, 9.17) is 4.74 Å². The first kappa shape index (κ1) is 25.4. The topological polar surface area (TPSA) is 93.5 Å². The third-order valence-electron chi connectivity index (χ3n) is 6.51. The number of benzene rings is 1. The largest absolute Gasteiger partial charge is 0.374 e. The monoisotopic (exact) mass is 526 g/mol. The summed E-state index contributed by atoms with van der Waals surface area (Å²) in [5, 5.41) is 3.17. The second-order valence-corrected chi connectivity index (χ2v) is 11.5. The van der Waals surface area contributed by atoms with Gasteiger partial charge in [-0.1, -0.05) is 12.1 Å². The fourth-order valence-electron chi connectivity index (χ4n) is 4.74. The summed E-state index contributed by atoms with van der Waals surface area (Å²) in [5.74, 6) is 0. The van der Waals surface area contributed by atoms with Crippen LogP contribution < -0.4 is 5.32 Å². The molecule has 0 spiro atoms. The van der Waals surface area contributed by atoms with Crippen LogP contribution in [0.3, 0.4) is 0 Å². The van der Waals surface area contributed by atoms with Gasteiger partial charge < -0.3 is 10.1 Å². The lowest BCUT2D eigenvalue weighted by atomic mass is 10.0. The molecule has 0 bridgehead atoms. The predicted octanol–water partition coefficient (Wildman–Crippen LogP) is 5.66. The Bertz CT molecular complexity index is 1470. The number of nitrogens with zero attached hydrogens (tertiary/aromatic N) is 3. The van der Waals surface area contributed by atoms with Gasteiger partial charge in [-0.3, -0.25) is 9.97 Å².